The van der Waals surface area contributed by atoms with E-state index in [2.05, 4.69) is 17.6 Å². The third-order valence-electron chi connectivity index (χ3n) is 7.20. The summed E-state index contributed by atoms with van der Waals surface area (Å²) in [5.74, 6) is -0.703. The van der Waals surface area contributed by atoms with Crippen molar-refractivity contribution in [2.24, 2.45) is 5.92 Å². The van der Waals surface area contributed by atoms with Crippen LogP contribution in [0.5, 0.6) is 0 Å². The van der Waals surface area contributed by atoms with Gasteiger partial charge in [0.15, 0.2) is 0 Å². The maximum Gasteiger partial charge on any atom is 0.327 e. The third-order valence-corrected chi connectivity index (χ3v) is 8.07. The van der Waals surface area contributed by atoms with Crippen molar-refractivity contribution in [2.45, 2.75) is 70.9 Å². The van der Waals surface area contributed by atoms with Gasteiger partial charge in [-0.3, -0.25) is 19.3 Å². The number of amides is 5. The molecule has 2 atom stereocenters. The first-order valence-corrected chi connectivity index (χ1v) is 14.1. The minimum absolute atomic E-state index is 0.0394. The van der Waals surface area contributed by atoms with E-state index >= 15 is 0 Å². The number of benzene rings is 1. The van der Waals surface area contributed by atoms with Crippen molar-refractivity contribution in [3.05, 3.63) is 52.2 Å². The van der Waals surface area contributed by atoms with Crippen molar-refractivity contribution < 1.29 is 19.2 Å². The summed E-state index contributed by atoms with van der Waals surface area (Å²) in [6, 6.07) is 11.0. The fourth-order valence-corrected chi connectivity index (χ4v) is 5.87. The standard InChI is InChI=1S/C28H36N4O4S/c1-2-20-9-7-10-21(17-20)30-26(34)19-32-24-13-4-3-12-23(24)27(35)31(28(32)36)15-6-5-14-25(33)29-18-22-11-8-16-37-22/h7-11,16-17,23-24H,2-6,12-15,18-19H2,1H3,(H,29,33)(H,30,34). The topological polar surface area (TPSA) is 98.8 Å². The van der Waals surface area contributed by atoms with E-state index in [0.717, 1.165) is 42.5 Å². The van der Waals surface area contributed by atoms with E-state index in [4.69, 9.17) is 0 Å². The second kappa shape index (κ2) is 12.9. The van der Waals surface area contributed by atoms with Gasteiger partial charge in [0, 0.05) is 29.6 Å². The van der Waals surface area contributed by atoms with Crippen molar-refractivity contribution in [1.82, 2.24) is 15.1 Å². The normalized spacial score (nSPS) is 19.5. The van der Waals surface area contributed by atoms with Crippen molar-refractivity contribution >= 4 is 40.8 Å². The molecule has 1 aromatic heterocycles. The molecule has 1 saturated heterocycles. The average Bonchev–Trinajstić information content (AvgIpc) is 3.43. The largest absolute Gasteiger partial charge is 0.351 e. The van der Waals surface area contributed by atoms with Gasteiger partial charge >= 0.3 is 6.03 Å². The van der Waals surface area contributed by atoms with Crippen LogP contribution < -0.4 is 10.6 Å². The molecule has 0 radical (unpaired) electrons. The summed E-state index contributed by atoms with van der Waals surface area (Å²) >= 11 is 1.60. The predicted octanol–water partition coefficient (Wildman–Crippen LogP) is 4.56. The Kier molecular flexibility index (Phi) is 9.33. The van der Waals surface area contributed by atoms with Crippen LogP contribution in [0.1, 0.15) is 62.3 Å². The van der Waals surface area contributed by atoms with Gasteiger partial charge in [0.2, 0.25) is 17.7 Å². The number of aryl methyl sites for hydroxylation is 1. The summed E-state index contributed by atoms with van der Waals surface area (Å²) in [6.45, 7) is 2.75. The minimum Gasteiger partial charge on any atom is -0.351 e. The van der Waals surface area contributed by atoms with E-state index in [1.165, 1.54) is 4.90 Å². The van der Waals surface area contributed by atoms with E-state index in [9.17, 15) is 19.2 Å². The summed E-state index contributed by atoms with van der Waals surface area (Å²) in [4.78, 5) is 55.7. The van der Waals surface area contributed by atoms with Gasteiger partial charge in [-0.2, -0.15) is 0 Å². The van der Waals surface area contributed by atoms with Crippen LogP contribution in [0, 0.1) is 5.92 Å². The number of rotatable bonds is 11. The highest BCUT2D eigenvalue weighted by Crippen LogP contribution is 2.34. The Bertz CT molecular complexity index is 1100. The van der Waals surface area contributed by atoms with E-state index in [-0.39, 0.29) is 42.8 Å². The maximum absolute atomic E-state index is 13.4. The number of urea groups is 1. The van der Waals surface area contributed by atoms with Gasteiger partial charge < -0.3 is 15.5 Å². The molecule has 0 spiro atoms. The van der Waals surface area contributed by atoms with Crippen molar-refractivity contribution in [2.75, 3.05) is 18.4 Å². The zero-order chi connectivity index (χ0) is 26.2. The second-order valence-corrected chi connectivity index (χ2v) is 10.8. The summed E-state index contributed by atoms with van der Waals surface area (Å²) in [7, 11) is 0. The molecule has 198 valence electrons. The van der Waals surface area contributed by atoms with Crippen LogP contribution >= 0.6 is 11.3 Å². The van der Waals surface area contributed by atoms with Gasteiger partial charge in [0.25, 0.3) is 0 Å². The fourth-order valence-electron chi connectivity index (χ4n) is 5.22. The summed E-state index contributed by atoms with van der Waals surface area (Å²) in [6.07, 6.45) is 5.69. The number of nitrogens with one attached hydrogen (secondary N) is 2. The molecule has 2 aromatic rings. The minimum atomic E-state index is -0.396. The first-order valence-electron chi connectivity index (χ1n) is 13.3. The SMILES string of the molecule is CCc1cccc(NC(=O)CN2C(=O)N(CCCCC(=O)NCc3cccs3)C(=O)C3CCCCC32)c1. The highest BCUT2D eigenvalue weighted by Gasteiger charge is 2.47. The van der Waals surface area contributed by atoms with Crippen LogP contribution in [-0.2, 0) is 27.3 Å². The zero-order valence-electron chi connectivity index (χ0n) is 21.4. The molecule has 9 heteroatoms. The molecule has 1 saturated carbocycles. The lowest BCUT2D eigenvalue weighted by molar-refractivity contribution is -0.141. The molecule has 2 N–H and O–H groups in total. The molecule has 8 nitrogen and oxygen atoms in total. The molecule has 2 heterocycles. The van der Waals surface area contributed by atoms with Crippen LogP contribution in [0.25, 0.3) is 0 Å². The van der Waals surface area contributed by atoms with Crippen LogP contribution in [0.3, 0.4) is 0 Å². The van der Waals surface area contributed by atoms with Gasteiger partial charge in [-0.05, 0) is 61.2 Å². The first-order chi connectivity index (χ1) is 18.0. The number of imide groups is 1. The Balaban J connectivity index is 1.32. The number of carbonyl (C=O) groups excluding carboxylic acids is 4. The van der Waals surface area contributed by atoms with Crippen molar-refractivity contribution in [3.8, 4) is 0 Å². The zero-order valence-corrected chi connectivity index (χ0v) is 22.2. The average molecular weight is 525 g/mol. The number of fused-ring (bicyclic) bond motifs is 1. The van der Waals surface area contributed by atoms with Crippen LogP contribution in [0.2, 0.25) is 0 Å². The fraction of sp³-hybridized carbons (Fsp3) is 0.500. The second-order valence-electron chi connectivity index (χ2n) is 9.77. The molecule has 1 aromatic carbocycles. The number of carbonyl (C=O) groups is 4. The van der Waals surface area contributed by atoms with E-state index in [0.29, 0.717) is 31.5 Å². The lowest BCUT2D eigenvalue weighted by Crippen LogP contribution is -2.63. The van der Waals surface area contributed by atoms with E-state index in [1.54, 1.807) is 16.2 Å². The Morgan fingerprint density at radius 3 is 2.68 bits per heavy atom. The quantitative estimate of drug-likeness (QED) is 0.421. The first kappa shape index (κ1) is 26.9. The number of thiophene rings is 1. The van der Waals surface area contributed by atoms with Crippen molar-refractivity contribution in [3.63, 3.8) is 0 Å². The molecule has 37 heavy (non-hydrogen) atoms. The molecular weight excluding hydrogens is 488 g/mol. The van der Waals surface area contributed by atoms with E-state index in [1.807, 2.05) is 41.8 Å². The summed E-state index contributed by atoms with van der Waals surface area (Å²) in [5, 5.41) is 7.79. The van der Waals surface area contributed by atoms with Crippen LogP contribution in [0.15, 0.2) is 41.8 Å². The monoisotopic (exact) mass is 524 g/mol. The molecule has 4 rings (SSSR count). The molecule has 1 aliphatic heterocycles. The smallest absolute Gasteiger partial charge is 0.327 e. The molecule has 5 amide bonds. The highest BCUT2D eigenvalue weighted by molar-refractivity contribution is 7.09. The molecule has 2 fully saturated rings. The third kappa shape index (κ3) is 6.97. The number of hydrogen-bond acceptors (Lipinski definition) is 5. The number of anilines is 1. The van der Waals surface area contributed by atoms with E-state index < -0.39 is 6.03 Å². The lowest BCUT2D eigenvalue weighted by atomic mass is 9.81. The lowest BCUT2D eigenvalue weighted by Gasteiger charge is -2.46. The van der Waals surface area contributed by atoms with Crippen molar-refractivity contribution in [1.29, 1.82) is 0 Å². The molecular formula is C28H36N4O4S. The summed E-state index contributed by atoms with van der Waals surface area (Å²) < 4.78 is 0. The predicted molar refractivity (Wildman–Crippen MR) is 144 cm³/mol. The van der Waals surface area contributed by atoms with Gasteiger partial charge in [0.05, 0.1) is 12.5 Å². The molecule has 2 aliphatic rings. The van der Waals surface area contributed by atoms with Gasteiger partial charge in [-0.1, -0.05) is 38.0 Å². The number of nitrogens with zero attached hydrogens (tertiary/aromatic N) is 2. The number of unbranched alkanes of at least 4 members (excludes halogenated alkanes) is 1. The van der Waals surface area contributed by atoms with Crippen LogP contribution in [-0.4, -0.2) is 52.7 Å². The Morgan fingerprint density at radius 1 is 1.05 bits per heavy atom. The van der Waals surface area contributed by atoms with Crippen LogP contribution in [0.4, 0.5) is 10.5 Å². The molecule has 1 aliphatic carbocycles. The van der Waals surface area contributed by atoms with Gasteiger partial charge in [-0.15, -0.1) is 11.3 Å². The summed E-state index contributed by atoms with van der Waals surface area (Å²) in [5.41, 5.74) is 1.83. The van der Waals surface area contributed by atoms with Gasteiger partial charge in [-0.25, -0.2) is 4.79 Å². The highest BCUT2D eigenvalue weighted by atomic mass is 32.1. The van der Waals surface area contributed by atoms with Gasteiger partial charge in [0.1, 0.15) is 6.54 Å². The Morgan fingerprint density at radius 2 is 1.89 bits per heavy atom. The molecule has 0 bridgehead atoms. The number of hydrogen-bond donors (Lipinski definition) is 2. The Labute approximate surface area is 222 Å². The molecule has 2 unspecified atom stereocenters. The maximum atomic E-state index is 13.4. The Hall–Kier alpha value is -3.20.